The van der Waals surface area contributed by atoms with Crippen molar-refractivity contribution < 1.29 is 22.7 Å². The minimum absolute atomic E-state index is 0.0868. The summed E-state index contributed by atoms with van der Waals surface area (Å²) in [4.78, 5) is 26.9. The highest BCUT2D eigenvalue weighted by Gasteiger charge is 2.35. The molecule has 2 aromatic rings. The van der Waals surface area contributed by atoms with Gasteiger partial charge in [0.25, 0.3) is 0 Å². The number of anilines is 2. The third-order valence-electron chi connectivity index (χ3n) is 5.55. The molecule has 0 radical (unpaired) electrons. The SMILES string of the molecule is CCOCCCNS(=O)(=O)c1ccc(NC(=O)C2CC(=O)N(c3ccc(CC)cc3)C2)cc1. The maximum absolute atomic E-state index is 12.7. The van der Waals surface area contributed by atoms with Crippen molar-refractivity contribution in [3.63, 3.8) is 0 Å². The van der Waals surface area contributed by atoms with Gasteiger partial charge in [-0.15, -0.1) is 0 Å². The quantitative estimate of drug-likeness (QED) is 0.488. The third-order valence-corrected chi connectivity index (χ3v) is 7.02. The Morgan fingerprint density at radius 3 is 2.42 bits per heavy atom. The first-order valence-electron chi connectivity index (χ1n) is 11.2. The lowest BCUT2D eigenvalue weighted by atomic mass is 10.1. The molecule has 0 saturated carbocycles. The van der Waals surface area contributed by atoms with Crippen molar-refractivity contribution in [2.24, 2.45) is 5.92 Å². The van der Waals surface area contributed by atoms with Crippen LogP contribution in [0.3, 0.4) is 0 Å². The topological polar surface area (TPSA) is 105 Å². The van der Waals surface area contributed by atoms with Crippen LogP contribution in [0.5, 0.6) is 0 Å². The van der Waals surface area contributed by atoms with Gasteiger partial charge in [0.15, 0.2) is 0 Å². The molecule has 178 valence electrons. The summed E-state index contributed by atoms with van der Waals surface area (Å²) in [6.45, 7) is 5.64. The van der Waals surface area contributed by atoms with E-state index in [9.17, 15) is 18.0 Å². The first-order chi connectivity index (χ1) is 15.8. The number of nitrogens with zero attached hydrogens (tertiary/aromatic N) is 1. The summed E-state index contributed by atoms with van der Waals surface area (Å²) in [7, 11) is -3.63. The van der Waals surface area contributed by atoms with Crippen molar-refractivity contribution in [2.45, 2.75) is 38.0 Å². The summed E-state index contributed by atoms with van der Waals surface area (Å²) in [6, 6.07) is 13.8. The van der Waals surface area contributed by atoms with Crippen LogP contribution in [0.15, 0.2) is 53.4 Å². The van der Waals surface area contributed by atoms with Gasteiger partial charge < -0.3 is 15.0 Å². The Morgan fingerprint density at radius 1 is 1.09 bits per heavy atom. The van der Waals surface area contributed by atoms with Crippen molar-refractivity contribution >= 4 is 33.2 Å². The molecule has 2 N–H and O–H groups in total. The Balaban J connectivity index is 1.55. The summed E-state index contributed by atoms with van der Waals surface area (Å²) in [5.41, 5.74) is 2.45. The van der Waals surface area contributed by atoms with E-state index in [0.717, 1.165) is 12.1 Å². The van der Waals surface area contributed by atoms with E-state index in [1.165, 1.54) is 17.7 Å². The molecule has 0 aromatic heterocycles. The van der Waals surface area contributed by atoms with E-state index in [-0.39, 0.29) is 29.7 Å². The number of sulfonamides is 1. The number of carbonyl (C=O) groups is 2. The second-order valence-electron chi connectivity index (χ2n) is 7.89. The van der Waals surface area contributed by atoms with E-state index in [4.69, 9.17) is 4.74 Å². The summed E-state index contributed by atoms with van der Waals surface area (Å²) >= 11 is 0. The van der Waals surface area contributed by atoms with E-state index in [1.807, 2.05) is 31.2 Å². The van der Waals surface area contributed by atoms with Gasteiger partial charge in [-0.25, -0.2) is 13.1 Å². The van der Waals surface area contributed by atoms with Gasteiger partial charge in [-0.2, -0.15) is 0 Å². The fourth-order valence-electron chi connectivity index (χ4n) is 3.61. The average Bonchev–Trinajstić information content (AvgIpc) is 3.21. The monoisotopic (exact) mass is 473 g/mol. The highest BCUT2D eigenvalue weighted by Crippen LogP contribution is 2.26. The molecule has 1 aliphatic heterocycles. The highest BCUT2D eigenvalue weighted by atomic mass is 32.2. The summed E-state index contributed by atoms with van der Waals surface area (Å²) in [5, 5.41) is 2.79. The zero-order valence-electron chi connectivity index (χ0n) is 19.0. The number of ether oxygens (including phenoxy) is 1. The molecule has 2 amide bonds. The number of carbonyl (C=O) groups excluding carboxylic acids is 2. The molecule has 0 spiro atoms. The van der Waals surface area contributed by atoms with Crippen molar-refractivity contribution in [3.05, 3.63) is 54.1 Å². The standard InChI is InChI=1S/C24H31N3O5S/c1-3-18-6-10-21(11-7-18)27-17-19(16-23(27)28)24(29)26-20-8-12-22(13-9-20)33(30,31)25-14-5-15-32-4-2/h6-13,19,25H,3-5,14-17H2,1-2H3,(H,26,29). The molecule has 1 unspecified atom stereocenters. The van der Waals surface area contributed by atoms with Crippen LogP contribution in [0.1, 0.15) is 32.3 Å². The lowest BCUT2D eigenvalue weighted by Crippen LogP contribution is -2.28. The second kappa shape index (κ2) is 11.4. The van der Waals surface area contributed by atoms with Crippen LogP contribution in [0.4, 0.5) is 11.4 Å². The van der Waals surface area contributed by atoms with E-state index in [2.05, 4.69) is 17.0 Å². The van der Waals surface area contributed by atoms with Crippen LogP contribution in [0, 0.1) is 5.92 Å². The van der Waals surface area contributed by atoms with Crippen molar-refractivity contribution in [2.75, 3.05) is 36.5 Å². The van der Waals surface area contributed by atoms with Crippen LogP contribution in [-0.4, -0.2) is 46.5 Å². The molecule has 0 bridgehead atoms. The van der Waals surface area contributed by atoms with Gasteiger partial charge in [0, 0.05) is 44.1 Å². The van der Waals surface area contributed by atoms with Gasteiger partial charge >= 0.3 is 0 Å². The van der Waals surface area contributed by atoms with E-state index in [1.54, 1.807) is 17.0 Å². The van der Waals surface area contributed by atoms with Crippen molar-refractivity contribution in [1.82, 2.24) is 4.72 Å². The summed E-state index contributed by atoms with van der Waals surface area (Å²) < 4.78 is 32.5. The molecule has 1 aliphatic rings. The number of benzene rings is 2. The van der Waals surface area contributed by atoms with Crippen molar-refractivity contribution in [1.29, 1.82) is 0 Å². The maximum atomic E-state index is 12.7. The molecule has 33 heavy (non-hydrogen) atoms. The van der Waals surface area contributed by atoms with Crippen LogP contribution in [-0.2, 0) is 30.8 Å². The predicted molar refractivity (Wildman–Crippen MR) is 128 cm³/mol. The third kappa shape index (κ3) is 6.63. The molecule has 3 rings (SSSR count). The number of hydrogen-bond donors (Lipinski definition) is 2. The predicted octanol–water partition coefficient (Wildman–Crippen LogP) is 2.95. The highest BCUT2D eigenvalue weighted by molar-refractivity contribution is 7.89. The molecular formula is C24H31N3O5S. The molecule has 9 heteroatoms. The van der Waals surface area contributed by atoms with Gasteiger partial charge in [0.2, 0.25) is 21.8 Å². The Labute approximate surface area is 195 Å². The zero-order chi connectivity index (χ0) is 23.8. The van der Waals surface area contributed by atoms with Crippen molar-refractivity contribution in [3.8, 4) is 0 Å². The second-order valence-corrected chi connectivity index (χ2v) is 9.65. The largest absolute Gasteiger partial charge is 0.382 e. The molecule has 1 saturated heterocycles. The Hall–Kier alpha value is -2.75. The smallest absolute Gasteiger partial charge is 0.240 e. The lowest BCUT2D eigenvalue weighted by Gasteiger charge is -2.17. The summed E-state index contributed by atoms with van der Waals surface area (Å²) in [6.07, 6.45) is 1.64. The maximum Gasteiger partial charge on any atom is 0.240 e. The Kier molecular flexibility index (Phi) is 8.60. The fraction of sp³-hybridized carbons (Fsp3) is 0.417. The van der Waals surface area contributed by atoms with Gasteiger partial charge in [0.1, 0.15) is 0 Å². The normalized spacial score (nSPS) is 16.2. The van der Waals surface area contributed by atoms with Gasteiger partial charge in [-0.1, -0.05) is 19.1 Å². The average molecular weight is 474 g/mol. The van der Waals surface area contributed by atoms with Crippen LogP contribution in [0.2, 0.25) is 0 Å². The van der Waals surface area contributed by atoms with E-state index in [0.29, 0.717) is 31.9 Å². The molecular weight excluding hydrogens is 442 g/mol. The molecule has 0 aliphatic carbocycles. The van der Waals surface area contributed by atoms with Crippen LogP contribution in [0.25, 0.3) is 0 Å². The van der Waals surface area contributed by atoms with E-state index < -0.39 is 15.9 Å². The summed E-state index contributed by atoms with van der Waals surface area (Å²) in [5.74, 6) is -0.823. The fourth-order valence-corrected chi connectivity index (χ4v) is 4.69. The number of aryl methyl sites for hydroxylation is 1. The Morgan fingerprint density at radius 2 is 1.79 bits per heavy atom. The number of amides is 2. The minimum Gasteiger partial charge on any atom is -0.382 e. The van der Waals surface area contributed by atoms with Gasteiger partial charge in [-0.3, -0.25) is 9.59 Å². The van der Waals surface area contributed by atoms with Crippen LogP contribution >= 0.6 is 0 Å². The zero-order valence-corrected chi connectivity index (χ0v) is 19.9. The molecule has 1 heterocycles. The van der Waals surface area contributed by atoms with Gasteiger partial charge in [0.05, 0.1) is 10.8 Å². The molecule has 1 atom stereocenters. The number of nitrogens with one attached hydrogen (secondary N) is 2. The Bertz CT molecular complexity index is 1050. The van der Waals surface area contributed by atoms with Gasteiger partial charge in [-0.05, 0) is 61.7 Å². The molecule has 8 nitrogen and oxygen atoms in total. The minimum atomic E-state index is -3.63. The first kappa shape index (κ1) is 24.9. The number of rotatable bonds is 11. The first-order valence-corrected chi connectivity index (χ1v) is 12.7. The lowest BCUT2D eigenvalue weighted by molar-refractivity contribution is -0.122. The number of hydrogen-bond acceptors (Lipinski definition) is 5. The molecule has 2 aromatic carbocycles. The van der Waals surface area contributed by atoms with E-state index >= 15 is 0 Å². The molecule has 1 fully saturated rings. The van der Waals surface area contributed by atoms with Crippen LogP contribution < -0.4 is 14.9 Å².